The number of carbonyl (C=O) groups is 2. The van der Waals surface area contributed by atoms with Gasteiger partial charge < -0.3 is 19.5 Å². The van der Waals surface area contributed by atoms with Gasteiger partial charge in [0.2, 0.25) is 0 Å². The van der Waals surface area contributed by atoms with Crippen molar-refractivity contribution in [3.63, 3.8) is 0 Å². The molecule has 2 aromatic rings. The van der Waals surface area contributed by atoms with E-state index in [1.165, 1.54) is 43.3 Å². The minimum absolute atomic E-state index is 0.00765. The maximum absolute atomic E-state index is 12.8. The van der Waals surface area contributed by atoms with E-state index in [1.807, 2.05) is 0 Å². The Morgan fingerprint density at radius 1 is 1.07 bits per heavy atom. The number of rotatable bonds is 8. The SMILES string of the molecule is C[C@H](OC(=O)COc1ccc(F)cc1)C(=O)Nc1ccccc1OC(F)F. The van der Waals surface area contributed by atoms with E-state index in [9.17, 15) is 22.8 Å². The van der Waals surface area contributed by atoms with Gasteiger partial charge in [-0.15, -0.1) is 0 Å². The molecule has 144 valence electrons. The number of esters is 1. The van der Waals surface area contributed by atoms with Gasteiger partial charge in [-0.1, -0.05) is 12.1 Å². The number of alkyl halides is 2. The highest BCUT2D eigenvalue weighted by Crippen LogP contribution is 2.25. The van der Waals surface area contributed by atoms with Crippen molar-refractivity contribution >= 4 is 17.6 Å². The van der Waals surface area contributed by atoms with Gasteiger partial charge in [-0.2, -0.15) is 8.78 Å². The zero-order chi connectivity index (χ0) is 19.8. The van der Waals surface area contributed by atoms with E-state index in [1.54, 1.807) is 0 Å². The largest absolute Gasteiger partial charge is 0.482 e. The number of amides is 1. The third-order valence-corrected chi connectivity index (χ3v) is 3.21. The molecule has 1 atom stereocenters. The molecule has 0 unspecified atom stereocenters. The first-order valence-electron chi connectivity index (χ1n) is 7.77. The lowest BCUT2D eigenvalue weighted by Gasteiger charge is -2.16. The summed E-state index contributed by atoms with van der Waals surface area (Å²) < 4.78 is 51.9. The lowest BCUT2D eigenvalue weighted by atomic mass is 10.2. The van der Waals surface area contributed by atoms with Crippen molar-refractivity contribution < 1.29 is 37.0 Å². The fraction of sp³-hybridized carbons (Fsp3) is 0.222. The smallest absolute Gasteiger partial charge is 0.387 e. The van der Waals surface area contributed by atoms with E-state index in [0.717, 1.165) is 12.1 Å². The van der Waals surface area contributed by atoms with Crippen LogP contribution in [0, 0.1) is 5.82 Å². The molecule has 0 aliphatic carbocycles. The van der Waals surface area contributed by atoms with Gasteiger partial charge in [0.05, 0.1) is 5.69 Å². The molecule has 2 rings (SSSR count). The normalized spacial score (nSPS) is 11.6. The summed E-state index contributed by atoms with van der Waals surface area (Å²) in [5.41, 5.74) is 0.00765. The van der Waals surface area contributed by atoms with Crippen molar-refractivity contribution in [1.29, 1.82) is 0 Å². The molecule has 0 aliphatic rings. The molecule has 0 bridgehead atoms. The lowest BCUT2D eigenvalue weighted by Crippen LogP contribution is -2.31. The first-order chi connectivity index (χ1) is 12.8. The second-order valence-corrected chi connectivity index (χ2v) is 5.24. The number of anilines is 1. The van der Waals surface area contributed by atoms with Crippen LogP contribution in [0.2, 0.25) is 0 Å². The van der Waals surface area contributed by atoms with Crippen LogP contribution in [0.15, 0.2) is 48.5 Å². The van der Waals surface area contributed by atoms with E-state index < -0.39 is 37.0 Å². The van der Waals surface area contributed by atoms with E-state index >= 15 is 0 Å². The molecule has 6 nitrogen and oxygen atoms in total. The average molecular weight is 383 g/mol. The second-order valence-electron chi connectivity index (χ2n) is 5.24. The maximum Gasteiger partial charge on any atom is 0.387 e. The van der Waals surface area contributed by atoms with Crippen molar-refractivity contribution in [2.75, 3.05) is 11.9 Å². The van der Waals surface area contributed by atoms with Gasteiger partial charge in [0.25, 0.3) is 5.91 Å². The molecule has 0 aliphatic heterocycles. The average Bonchev–Trinajstić information content (AvgIpc) is 2.62. The number of hydrogen-bond donors (Lipinski definition) is 1. The maximum atomic E-state index is 12.8. The molecular weight excluding hydrogens is 367 g/mol. The van der Waals surface area contributed by atoms with Crippen molar-refractivity contribution in [1.82, 2.24) is 0 Å². The summed E-state index contributed by atoms with van der Waals surface area (Å²) in [5, 5.41) is 2.34. The number of carbonyl (C=O) groups excluding carboxylic acids is 2. The van der Waals surface area contributed by atoms with Gasteiger partial charge in [-0.3, -0.25) is 4.79 Å². The zero-order valence-electron chi connectivity index (χ0n) is 14.2. The summed E-state index contributed by atoms with van der Waals surface area (Å²) in [4.78, 5) is 23.8. The van der Waals surface area contributed by atoms with Crippen LogP contribution in [0.5, 0.6) is 11.5 Å². The van der Waals surface area contributed by atoms with Crippen LogP contribution in [0.1, 0.15) is 6.92 Å². The van der Waals surface area contributed by atoms with Crippen LogP contribution in [-0.4, -0.2) is 31.2 Å². The minimum atomic E-state index is -3.05. The van der Waals surface area contributed by atoms with Crippen LogP contribution in [-0.2, 0) is 14.3 Å². The van der Waals surface area contributed by atoms with Gasteiger partial charge in [-0.25, -0.2) is 9.18 Å². The molecule has 0 spiro atoms. The van der Waals surface area contributed by atoms with Crippen LogP contribution >= 0.6 is 0 Å². The first-order valence-corrected chi connectivity index (χ1v) is 7.77. The summed E-state index contributed by atoms with van der Waals surface area (Å²) in [6.45, 7) is -2.24. The Hall–Kier alpha value is -3.23. The van der Waals surface area contributed by atoms with E-state index in [2.05, 4.69) is 10.1 Å². The fourth-order valence-corrected chi connectivity index (χ4v) is 1.96. The number of para-hydroxylation sites is 2. The standard InChI is InChI=1S/C18H16F3NO5/c1-11(26-16(23)10-25-13-8-6-12(19)7-9-13)17(24)22-14-4-2-3-5-15(14)27-18(20)21/h2-9,11,18H,10H2,1H3,(H,22,24)/t11-/m0/s1. The van der Waals surface area contributed by atoms with Crippen molar-refractivity contribution in [2.45, 2.75) is 19.6 Å². The highest BCUT2D eigenvalue weighted by atomic mass is 19.3. The minimum Gasteiger partial charge on any atom is -0.482 e. The molecular formula is C18H16F3NO5. The molecule has 0 fully saturated rings. The molecule has 9 heteroatoms. The summed E-state index contributed by atoms with van der Waals surface area (Å²) in [5.74, 6) is -2.00. The Morgan fingerprint density at radius 2 is 1.74 bits per heavy atom. The first kappa shape index (κ1) is 20.1. The Balaban J connectivity index is 1.86. The molecule has 0 aromatic heterocycles. The highest BCUT2D eigenvalue weighted by Gasteiger charge is 2.20. The fourth-order valence-electron chi connectivity index (χ4n) is 1.96. The second kappa shape index (κ2) is 9.46. The van der Waals surface area contributed by atoms with E-state index in [4.69, 9.17) is 9.47 Å². The van der Waals surface area contributed by atoms with E-state index in [-0.39, 0.29) is 17.2 Å². The number of hydrogen-bond acceptors (Lipinski definition) is 5. The highest BCUT2D eigenvalue weighted by molar-refractivity contribution is 5.96. The zero-order valence-corrected chi connectivity index (χ0v) is 14.2. The van der Waals surface area contributed by atoms with Crippen molar-refractivity contribution in [3.8, 4) is 11.5 Å². The summed E-state index contributed by atoms with van der Waals surface area (Å²) in [7, 11) is 0. The van der Waals surface area contributed by atoms with Crippen molar-refractivity contribution in [3.05, 3.63) is 54.3 Å². The third kappa shape index (κ3) is 6.53. The Bertz CT molecular complexity index is 783. The Kier molecular flexibility index (Phi) is 7.04. The quantitative estimate of drug-likeness (QED) is 0.708. The van der Waals surface area contributed by atoms with Gasteiger partial charge in [0.1, 0.15) is 17.3 Å². The summed E-state index contributed by atoms with van der Waals surface area (Å²) >= 11 is 0. The number of ether oxygens (including phenoxy) is 3. The topological polar surface area (TPSA) is 73.9 Å². The molecule has 1 amide bonds. The molecule has 0 radical (unpaired) electrons. The number of benzene rings is 2. The Labute approximate surface area is 152 Å². The van der Waals surface area contributed by atoms with Gasteiger partial charge in [0, 0.05) is 0 Å². The van der Waals surface area contributed by atoms with Crippen LogP contribution < -0.4 is 14.8 Å². The summed E-state index contributed by atoms with van der Waals surface area (Å²) in [6, 6.07) is 10.6. The predicted molar refractivity (Wildman–Crippen MR) is 89.2 cm³/mol. The summed E-state index contributed by atoms with van der Waals surface area (Å²) in [6.07, 6.45) is -1.21. The van der Waals surface area contributed by atoms with E-state index in [0.29, 0.717) is 0 Å². The molecule has 27 heavy (non-hydrogen) atoms. The lowest BCUT2D eigenvalue weighted by molar-refractivity contribution is -0.155. The van der Waals surface area contributed by atoms with Crippen molar-refractivity contribution in [2.24, 2.45) is 0 Å². The molecule has 2 aromatic carbocycles. The van der Waals surface area contributed by atoms with Crippen LogP contribution in [0.25, 0.3) is 0 Å². The number of halogens is 3. The number of nitrogens with one attached hydrogen (secondary N) is 1. The molecule has 0 saturated heterocycles. The third-order valence-electron chi connectivity index (χ3n) is 3.21. The monoisotopic (exact) mass is 383 g/mol. The molecule has 1 N–H and O–H groups in total. The van der Waals surface area contributed by atoms with Crippen LogP contribution in [0.4, 0.5) is 18.9 Å². The van der Waals surface area contributed by atoms with Gasteiger partial charge >= 0.3 is 12.6 Å². The molecule has 0 saturated carbocycles. The Morgan fingerprint density at radius 3 is 2.41 bits per heavy atom. The van der Waals surface area contributed by atoms with Gasteiger partial charge in [0.15, 0.2) is 12.7 Å². The molecule has 0 heterocycles. The predicted octanol–water partition coefficient (Wildman–Crippen LogP) is 3.38. The van der Waals surface area contributed by atoms with Crippen LogP contribution in [0.3, 0.4) is 0 Å². The van der Waals surface area contributed by atoms with Gasteiger partial charge in [-0.05, 0) is 43.3 Å².